The molecule has 0 bridgehead atoms. The second kappa shape index (κ2) is 6.02. The second-order valence-corrected chi connectivity index (χ2v) is 6.23. The molecule has 0 aliphatic rings. The summed E-state index contributed by atoms with van der Waals surface area (Å²) in [4.78, 5) is 0. The molecule has 1 N–H and O–H groups in total. The van der Waals surface area contributed by atoms with Gasteiger partial charge in [-0.2, -0.15) is 0 Å². The van der Waals surface area contributed by atoms with Crippen LogP contribution in [0.4, 0.5) is 0 Å². The lowest BCUT2D eigenvalue weighted by Crippen LogP contribution is -2.12. The highest BCUT2D eigenvalue weighted by Crippen LogP contribution is 2.19. The molecule has 96 valence electrons. The molecule has 0 aliphatic heterocycles. The molecular formula is C12H18O4S. The topological polar surface area (TPSA) is 63.6 Å². The molecule has 0 saturated carbocycles. The number of aliphatic hydroxyl groups is 1. The van der Waals surface area contributed by atoms with Crippen molar-refractivity contribution in [2.45, 2.75) is 19.4 Å². The third-order valence-electron chi connectivity index (χ3n) is 2.37. The molecule has 1 atom stereocenters. The molecule has 1 aromatic rings. The van der Waals surface area contributed by atoms with Crippen LogP contribution in [-0.4, -0.2) is 32.1 Å². The summed E-state index contributed by atoms with van der Waals surface area (Å²) in [6.45, 7) is 2.05. The number of benzene rings is 1. The predicted molar refractivity (Wildman–Crippen MR) is 66.9 cm³/mol. The molecule has 0 radical (unpaired) electrons. The summed E-state index contributed by atoms with van der Waals surface area (Å²) in [5.41, 5.74) is 0.836. The summed E-state index contributed by atoms with van der Waals surface area (Å²) in [6.07, 6.45) is 1.38. The van der Waals surface area contributed by atoms with Gasteiger partial charge in [0.1, 0.15) is 12.4 Å². The third kappa shape index (κ3) is 5.19. The molecule has 0 spiro atoms. The van der Waals surface area contributed by atoms with Gasteiger partial charge in [0.15, 0.2) is 9.84 Å². The first-order valence-electron chi connectivity index (χ1n) is 5.51. The molecule has 0 heterocycles. The Kier molecular flexibility index (Phi) is 4.96. The smallest absolute Gasteiger partial charge is 0.150 e. The van der Waals surface area contributed by atoms with E-state index < -0.39 is 15.9 Å². The lowest BCUT2D eigenvalue weighted by molar-refractivity contribution is 0.173. The summed E-state index contributed by atoms with van der Waals surface area (Å²) in [6, 6.07) is 7.03. The van der Waals surface area contributed by atoms with E-state index in [1.807, 2.05) is 6.92 Å². The van der Waals surface area contributed by atoms with Crippen molar-refractivity contribution in [3.8, 4) is 5.75 Å². The van der Waals surface area contributed by atoms with Crippen molar-refractivity contribution >= 4 is 9.84 Å². The van der Waals surface area contributed by atoms with E-state index >= 15 is 0 Å². The van der Waals surface area contributed by atoms with E-state index in [0.717, 1.165) is 5.56 Å². The van der Waals surface area contributed by atoms with Crippen molar-refractivity contribution in [3.63, 3.8) is 0 Å². The number of aliphatic hydroxyl groups excluding tert-OH is 1. The van der Waals surface area contributed by atoms with E-state index in [9.17, 15) is 13.5 Å². The van der Waals surface area contributed by atoms with Gasteiger partial charge in [-0.1, -0.05) is 19.1 Å². The van der Waals surface area contributed by atoms with Gasteiger partial charge < -0.3 is 9.84 Å². The lowest BCUT2D eigenvalue weighted by atomic mass is 10.1. The number of hydrogen-bond acceptors (Lipinski definition) is 4. The van der Waals surface area contributed by atoms with E-state index in [-0.39, 0.29) is 12.4 Å². The average Bonchev–Trinajstić information content (AvgIpc) is 2.27. The number of sulfone groups is 1. The normalized spacial score (nSPS) is 13.4. The molecule has 0 saturated heterocycles. The first kappa shape index (κ1) is 14.0. The van der Waals surface area contributed by atoms with E-state index in [4.69, 9.17) is 4.74 Å². The summed E-state index contributed by atoms with van der Waals surface area (Å²) in [7, 11) is -2.98. The van der Waals surface area contributed by atoms with Crippen molar-refractivity contribution in [3.05, 3.63) is 29.8 Å². The van der Waals surface area contributed by atoms with Crippen LogP contribution in [0.15, 0.2) is 24.3 Å². The quantitative estimate of drug-likeness (QED) is 0.841. The SMILES string of the molecule is CC[C@@H](O)c1ccc(OCCS(C)(=O)=O)cc1. The Morgan fingerprint density at radius 3 is 2.35 bits per heavy atom. The van der Waals surface area contributed by atoms with Gasteiger partial charge >= 0.3 is 0 Å². The van der Waals surface area contributed by atoms with Gasteiger partial charge in [-0.25, -0.2) is 8.42 Å². The van der Waals surface area contributed by atoms with Crippen LogP contribution in [0.5, 0.6) is 5.75 Å². The highest BCUT2D eigenvalue weighted by atomic mass is 32.2. The molecule has 0 fully saturated rings. The molecule has 0 amide bonds. The molecule has 4 nitrogen and oxygen atoms in total. The zero-order valence-electron chi connectivity index (χ0n) is 10.1. The molecule has 0 unspecified atom stereocenters. The van der Waals surface area contributed by atoms with Gasteiger partial charge in [0.25, 0.3) is 0 Å². The first-order valence-corrected chi connectivity index (χ1v) is 7.57. The van der Waals surface area contributed by atoms with Crippen molar-refractivity contribution in [2.24, 2.45) is 0 Å². The maximum Gasteiger partial charge on any atom is 0.150 e. The second-order valence-electron chi connectivity index (χ2n) is 3.97. The van der Waals surface area contributed by atoms with Gasteiger partial charge in [0, 0.05) is 6.26 Å². The van der Waals surface area contributed by atoms with Crippen molar-refractivity contribution < 1.29 is 18.3 Å². The maximum atomic E-state index is 10.9. The van der Waals surface area contributed by atoms with E-state index in [1.165, 1.54) is 6.26 Å². The fourth-order valence-electron chi connectivity index (χ4n) is 1.33. The average molecular weight is 258 g/mol. The minimum Gasteiger partial charge on any atom is -0.493 e. The van der Waals surface area contributed by atoms with Crippen LogP contribution in [0.2, 0.25) is 0 Å². The Bertz CT molecular complexity index is 436. The highest BCUT2D eigenvalue weighted by molar-refractivity contribution is 7.90. The van der Waals surface area contributed by atoms with E-state index in [1.54, 1.807) is 24.3 Å². The zero-order chi connectivity index (χ0) is 12.9. The van der Waals surface area contributed by atoms with E-state index in [2.05, 4.69) is 0 Å². The van der Waals surface area contributed by atoms with Crippen LogP contribution in [0, 0.1) is 0 Å². The van der Waals surface area contributed by atoms with Gasteiger partial charge in [-0.05, 0) is 24.1 Å². The molecule has 1 rings (SSSR count). The van der Waals surface area contributed by atoms with Crippen molar-refractivity contribution in [1.29, 1.82) is 0 Å². The Morgan fingerprint density at radius 1 is 1.29 bits per heavy atom. The fraction of sp³-hybridized carbons (Fsp3) is 0.500. The number of hydrogen-bond donors (Lipinski definition) is 1. The van der Waals surface area contributed by atoms with Gasteiger partial charge in [-0.15, -0.1) is 0 Å². The van der Waals surface area contributed by atoms with Crippen LogP contribution >= 0.6 is 0 Å². The van der Waals surface area contributed by atoms with Crippen LogP contribution in [0.25, 0.3) is 0 Å². The molecule has 1 aromatic carbocycles. The molecule has 17 heavy (non-hydrogen) atoms. The third-order valence-corrected chi connectivity index (χ3v) is 3.28. The largest absolute Gasteiger partial charge is 0.493 e. The number of rotatable bonds is 6. The van der Waals surface area contributed by atoms with Crippen LogP contribution in [0.1, 0.15) is 25.0 Å². The summed E-state index contributed by atoms with van der Waals surface area (Å²) in [5, 5.41) is 9.58. The summed E-state index contributed by atoms with van der Waals surface area (Å²) < 4.78 is 27.1. The maximum absolute atomic E-state index is 10.9. The minimum absolute atomic E-state index is 0.00629. The van der Waals surface area contributed by atoms with Crippen LogP contribution in [-0.2, 0) is 9.84 Å². The van der Waals surface area contributed by atoms with E-state index in [0.29, 0.717) is 12.2 Å². The summed E-state index contributed by atoms with van der Waals surface area (Å²) in [5.74, 6) is 0.618. The van der Waals surface area contributed by atoms with Crippen molar-refractivity contribution in [2.75, 3.05) is 18.6 Å². The van der Waals surface area contributed by atoms with Gasteiger partial charge in [0.05, 0.1) is 11.9 Å². The Morgan fingerprint density at radius 2 is 1.88 bits per heavy atom. The monoisotopic (exact) mass is 258 g/mol. The standard InChI is InChI=1S/C12H18O4S/c1-3-12(13)10-4-6-11(7-5-10)16-8-9-17(2,14)15/h4-7,12-13H,3,8-9H2,1-2H3/t12-/m1/s1. The van der Waals surface area contributed by atoms with Crippen molar-refractivity contribution in [1.82, 2.24) is 0 Å². The molecule has 5 heteroatoms. The first-order chi connectivity index (χ1) is 7.92. The molecule has 0 aromatic heterocycles. The Balaban J connectivity index is 2.51. The van der Waals surface area contributed by atoms with Gasteiger partial charge in [-0.3, -0.25) is 0 Å². The van der Waals surface area contributed by atoms with Crippen LogP contribution < -0.4 is 4.74 Å². The fourth-order valence-corrected chi connectivity index (χ4v) is 1.72. The van der Waals surface area contributed by atoms with Gasteiger partial charge in [0.2, 0.25) is 0 Å². The predicted octanol–water partition coefficient (Wildman–Crippen LogP) is 1.55. The number of ether oxygens (including phenoxy) is 1. The Hall–Kier alpha value is -1.07. The summed E-state index contributed by atoms with van der Waals surface area (Å²) >= 11 is 0. The molecule has 0 aliphatic carbocycles. The minimum atomic E-state index is -2.98. The van der Waals surface area contributed by atoms with Crippen LogP contribution in [0.3, 0.4) is 0 Å². The molecular weight excluding hydrogens is 240 g/mol. The lowest BCUT2D eigenvalue weighted by Gasteiger charge is -2.09. The Labute approximate surface area is 102 Å². The highest BCUT2D eigenvalue weighted by Gasteiger charge is 2.05. The zero-order valence-corrected chi connectivity index (χ0v) is 10.9.